The highest BCUT2D eigenvalue weighted by Gasteiger charge is 2.14. The molecule has 22 heavy (non-hydrogen) atoms. The van der Waals surface area contributed by atoms with Crippen LogP contribution in [0.15, 0.2) is 4.79 Å². The number of rotatable bonds is 7. The van der Waals surface area contributed by atoms with Gasteiger partial charge in [0.05, 0.1) is 0 Å². The number of carbonyl (C=O) groups is 2. The van der Waals surface area contributed by atoms with E-state index >= 15 is 0 Å². The van der Waals surface area contributed by atoms with E-state index < -0.39 is 0 Å². The van der Waals surface area contributed by atoms with Gasteiger partial charge in [-0.2, -0.15) is 5.10 Å². The molecular weight excluding hydrogens is 290 g/mol. The van der Waals surface area contributed by atoms with Crippen LogP contribution in [0.1, 0.15) is 19.7 Å². The molecule has 0 aliphatic carbocycles. The Hall–Kier alpha value is -2.16. The Labute approximate surface area is 129 Å². The van der Waals surface area contributed by atoms with Crippen molar-refractivity contribution in [3.63, 3.8) is 0 Å². The number of carbonyl (C=O) groups excluding carboxylic acids is 1. The molecule has 1 aromatic heterocycles. The van der Waals surface area contributed by atoms with Gasteiger partial charge in [0.2, 0.25) is 5.91 Å². The maximum absolute atomic E-state index is 11.8. The molecule has 3 N–H and O–H groups in total. The lowest BCUT2D eigenvalue weighted by Crippen LogP contribution is -2.37. The zero-order chi connectivity index (χ0) is 17.1. The summed E-state index contributed by atoms with van der Waals surface area (Å²) < 4.78 is 1.44. The van der Waals surface area contributed by atoms with E-state index in [1.807, 2.05) is 14.0 Å². The zero-order valence-electron chi connectivity index (χ0n) is 13.5. The third kappa shape index (κ3) is 7.02. The minimum atomic E-state index is -0.250. The molecule has 0 saturated heterocycles. The number of hydrogen-bond donors (Lipinski definition) is 3. The van der Waals surface area contributed by atoms with Crippen molar-refractivity contribution in [2.45, 2.75) is 20.3 Å². The predicted octanol–water partition coefficient (Wildman–Crippen LogP) is -0.944. The number of hydrogen-bond acceptors (Lipinski definition) is 5. The van der Waals surface area contributed by atoms with Crippen molar-refractivity contribution in [1.82, 2.24) is 25.0 Å². The average molecular weight is 315 g/mol. The van der Waals surface area contributed by atoms with Crippen LogP contribution in [0.4, 0.5) is 0 Å². The van der Waals surface area contributed by atoms with Gasteiger partial charge < -0.3 is 15.3 Å². The second-order valence-electron chi connectivity index (χ2n) is 4.91. The quantitative estimate of drug-likeness (QED) is 0.558. The van der Waals surface area contributed by atoms with Crippen LogP contribution in [-0.2, 0) is 23.1 Å². The van der Waals surface area contributed by atoms with Gasteiger partial charge >= 0.3 is 5.69 Å². The molecule has 1 rings (SSSR count). The fourth-order valence-corrected chi connectivity index (χ4v) is 1.75. The number of H-pyrrole nitrogens is 1. The minimum absolute atomic E-state index is 0.0286. The van der Waals surface area contributed by atoms with Crippen molar-refractivity contribution in [2.24, 2.45) is 13.0 Å². The summed E-state index contributed by atoms with van der Waals surface area (Å²) in [6.07, 6.45) is 0.539. The number of aromatic amines is 1. The van der Waals surface area contributed by atoms with Crippen LogP contribution in [0.3, 0.4) is 0 Å². The van der Waals surface area contributed by atoms with E-state index in [2.05, 4.69) is 27.3 Å². The first-order valence-corrected chi connectivity index (χ1v) is 7.01. The van der Waals surface area contributed by atoms with E-state index in [1.54, 1.807) is 7.05 Å². The lowest BCUT2D eigenvalue weighted by atomic mass is 10.1. The maximum Gasteiger partial charge on any atom is 0.343 e. The largest absolute Gasteiger partial charge is 0.483 e. The van der Waals surface area contributed by atoms with E-state index in [9.17, 15) is 9.59 Å². The van der Waals surface area contributed by atoms with Crippen molar-refractivity contribution in [1.29, 1.82) is 0 Å². The molecule has 0 aliphatic rings. The monoisotopic (exact) mass is 315 g/mol. The molecule has 0 spiro atoms. The Morgan fingerprint density at radius 3 is 2.64 bits per heavy atom. The molecule has 0 saturated carbocycles. The van der Waals surface area contributed by atoms with Gasteiger partial charge in [0.25, 0.3) is 6.47 Å². The molecule has 1 heterocycles. The van der Waals surface area contributed by atoms with Crippen molar-refractivity contribution in [3.8, 4) is 0 Å². The van der Waals surface area contributed by atoms with Crippen molar-refractivity contribution in [2.75, 3.05) is 26.7 Å². The van der Waals surface area contributed by atoms with Crippen LogP contribution in [-0.4, -0.2) is 63.8 Å². The van der Waals surface area contributed by atoms with Gasteiger partial charge in [0, 0.05) is 32.5 Å². The van der Waals surface area contributed by atoms with Crippen LogP contribution in [0.5, 0.6) is 0 Å². The molecule has 0 radical (unpaired) electrons. The number of amides is 1. The first-order valence-electron chi connectivity index (χ1n) is 7.01. The molecule has 1 amide bonds. The van der Waals surface area contributed by atoms with Gasteiger partial charge in [0.1, 0.15) is 5.82 Å². The zero-order valence-corrected chi connectivity index (χ0v) is 13.5. The fourth-order valence-electron chi connectivity index (χ4n) is 1.75. The molecule has 0 aliphatic heterocycles. The molecule has 0 aromatic carbocycles. The van der Waals surface area contributed by atoms with E-state index in [1.165, 1.54) is 4.57 Å². The third-order valence-corrected chi connectivity index (χ3v) is 3.19. The SMILES string of the molecule is CCN(C)CC(C)C(=O)NCCc1n[nH]c(=O)n1C.O=CO. The first-order chi connectivity index (χ1) is 10.4. The first kappa shape index (κ1) is 19.8. The lowest BCUT2D eigenvalue weighted by molar-refractivity contribution is -0.125. The summed E-state index contributed by atoms with van der Waals surface area (Å²) in [6, 6.07) is 0. The molecule has 9 heteroatoms. The van der Waals surface area contributed by atoms with Crippen molar-refractivity contribution < 1.29 is 14.7 Å². The maximum atomic E-state index is 11.8. The predicted molar refractivity (Wildman–Crippen MR) is 81.6 cm³/mol. The summed E-state index contributed by atoms with van der Waals surface area (Å²) in [7, 11) is 3.64. The van der Waals surface area contributed by atoms with E-state index in [0.717, 1.165) is 13.1 Å². The van der Waals surface area contributed by atoms with Crippen LogP contribution < -0.4 is 11.0 Å². The van der Waals surface area contributed by atoms with E-state index in [-0.39, 0.29) is 24.0 Å². The molecule has 0 bridgehead atoms. The molecule has 1 atom stereocenters. The molecule has 1 aromatic rings. The number of nitrogens with zero attached hydrogens (tertiary/aromatic N) is 3. The molecular formula is C13H25N5O4. The number of carboxylic acid groups (broad SMARTS) is 1. The minimum Gasteiger partial charge on any atom is -0.483 e. The fraction of sp³-hybridized carbons (Fsp3) is 0.692. The average Bonchev–Trinajstić information content (AvgIpc) is 2.79. The molecule has 126 valence electrons. The highest BCUT2D eigenvalue weighted by atomic mass is 16.3. The van der Waals surface area contributed by atoms with Crippen LogP contribution in [0, 0.1) is 5.92 Å². The number of aromatic nitrogens is 3. The van der Waals surface area contributed by atoms with Crippen molar-refractivity contribution in [3.05, 3.63) is 16.3 Å². The summed E-state index contributed by atoms with van der Waals surface area (Å²) in [6.45, 7) is 5.86. The van der Waals surface area contributed by atoms with Crippen LogP contribution >= 0.6 is 0 Å². The molecule has 9 nitrogen and oxygen atoms in total. The second-order valence-corrected chi connectivity index (χ2v) is 4.91. The Morgan fingerprint density at radius 1 is 1.59 bits per heavy atom. The van der Waals surface area contributed by atoms with Crippen molar-refractivity contribution >= 4 is 12.4 Å². The normalized spacial score (nSPS) is 11.5. The summed E-state index contributed by atoms with van der Waals surface area (Å²) in [5.74, 6) is 0.623. The standard InChI is InChI=1S/C12H23N5O2.CH2O2/c1-5-16(3)8-9(2)11(18)13-7-6-10-14-15-12(19)17(10)4;2-1-3/h9H,5-8H2,1-4H3,(H,13,18)(H,15,19);1H,(H,2,3). The molecule has 0 fully saturated rings. The summed E-state index contributed by atoms with van der Waals surface area (Å²) >= 11 is 0. The van der Waals surface area contributed by atoms with Crippen LogP contribution in [0.2, 0.25) is 0 Å². The van der Waals surface area contributed by atoms with Gasteiger partial charge in [-0.1, -0.05) is 13.8 Å². The highest BCUT2D eigenvalue weighted by Crippen LogP contribution is 1.98. The van der Waals surface area contributed by atoms with Gasteiger partial charge in [-0.3, -0.25) is 14.2 Å². The Morgan fingerprint density at radius 2 is 2.18 bits per heavy atom. The summed E-state index contributed by atoms with van der Waals surface area (Å²) in [5, 5.41) is 16.0. The molecule has 1 unspecified atom stereocenters. The lowest BCUT2D eigenvalue weighted by Gasteiger charge is -2.19. The van der Waals surface area contributed by atoms with E-state index in [0.29, 0.717) is 18.8 Å². The third-order valence-electron chi connectivity index (χ3n) is 3.19. The highest BCUT2D eigenvalue weighted by molar-refractivity contribution is 5.78. The smallest absolute Gasteiger partial charge is 0.343 e. The Balaban J connectivity index is 0.00000135. The summed E-state index contributed by atoms with van der Waals surface area (Å²) in [4.78, 5) is 33.5. The topological polar surface area (TPSA) is 120 Å². The second kappa shape index (κ2) is 10.6. The Kier molecular flexibility index (Phi) is 9.51. The van der Waals surface area contributed by atoms with Gasteiger partial charge in [-0.25, -0.2) is 9.89 Å². The van der Waals surface area contributed by atoms with Crippen LogP contribution in [0.25, 0.3) is 0 Å². The van der Waals surface area contributed by atoms with Gasteiger partial charge in [-0.15, -0.1) is 0 Å². The van der Waals surface area contributed by atoms with Gasteiger partial charge in [0.15, 0.2) is 0 Å². The van der Waals surface area contributed by atoms with Gasteiger partial charge in [-0.05, 0) is 13.6 Å². The summed E-state index contributed by atoms with van der Waals surface area (Å²) in [5.41, 5.74) is -0.237. The number of nitrogens with one attached hydrogen (secondary N) is 2. The van der Waals surface area contributed by atoms with E-state index in [4.69, 9.17) is 9.90 Å². The Bertz CT molecular complexity index is 511.